The van der Waals surface area contributed by atoms with Gasteiger partial charge in [0.25, 0.3) is 0 Å². The van der Waals surface area contributed by atoms with Gasteiger partial charge in [0.05, 0.1) is 6.10 Å². The highest BCUT2D eigenvalue weighted by Crippen LogP contribution is 2.28. The third-order valence-corrected chi connectivity index (χ3v) is 10.4. The first-order valence-corrected chi connectivity index (χ1v) is 13.2. The first-order valence-electron chi connectivity index (χ1n) is 8.07. The first-order chi connectivity index (χ1) is 11.9. The van der Waals surface area contributed by atoms with Crippen LogP contribution in [0.5, 0.6) is 0 Å². The summed E-state index contributed by atoms with van der Waals surface area (Å²) >= 11 is 0. The van der Waals surface area contributed by atoms with Crippen molar-refractivity contribution in [2.24, 2.45) is 0 Å². The fourth-order valence-electron chi connectivity index (χ4n) is 2.61. The molecule has 0 heterocycles. The SMILES string of the molecule is CO[Si](CCCC(CCC[Si](OC)(OC)OC)O[PH](=O)O)(OC)OC. The molecule has 0 aliphatic carbocycles. The van der Waals surface area contributed by atoms with E-state index in [-0.39, 0.29) is 6.10 Å². The number of rotatable bonds is 16. The highest BCUT2D eigenvalue weighted by Gasteiger charge is 2.38. The second-order valence-electron chi connectivity index (χ2n) is 5.38. The molecule has 0 aromatic heterocycles. The van der Waals surface area contributed by atoms with Crippen LogP contribution in [0.25, 0.3) is 0 Å². The van der Waals surface area contributed by atoms with E-state index in [4.69, 9.17) is 36.0 Å². The molecule has 0 fully saturated rings. The normalized spacial score (nSPS) is 14.2. The number of hydrogen-bond acceptors (Lipinski definition) is 8. The first kappa shape index (κ1) is 25.3. The fraction of sp³-hybridized carbons (Fsp3) is 1.00. The summed E-state index contributed by atoms with van der Waals surface area (Å²) < 4.78 is 48.5. The van der Waals surface area contributed by atoms with Crippen molar-refractivity contribution in [1.29, 1.82) is 0 Å². The van der Waals surface area contributed by atoms with Crippen LogP contribution < -0.4 is 0 Å². The lowest BCUT2D eigenvalue weighted by Crippen LogP contribution is -2.43. The Morgan fingerprint density at radius 2 is 1.08 bits per heavy atom. The average molecular weight is 421 g/mol. The van der Waals surface area contributed by atoms with E-state index in [1.165, 1.54) is 0 Å². The summed E-state index contributed by atoms with van der Waals surface area (Å²) in [5.41, 5.74) is 0. The molecular formula is C13H33O9PSi2. The molecule has 0 saturated heterocycles. The van der Waals surface area contributed by atoms with Crippen molar-refractivity contribution in [3.8, 4) is 0 Å². The van der Waals surface area contributed by atoms with Gasteiger partial charge in [-0.25, -0.2) is 0 Å². The Morgan fingerprint density at radius 3 is 1.32 bits per heavy atom. The predicted molar refractivity (Wildman–Crippen MR) is 97.7 cm³/mol. The monoisotopic (exact) mass is 420 g/mol. The molecule has 0 radical (unpaired) electrons. The molecule has 9 nitrogen and oxygen atoms in total. The van der Waals surface area contributed by atoms with Gasteiger partial charge < -0.3 is 36.0 Å². The highest BCUT2D eigenvalue weighted by atomic mass is 31.1. The maximum Gasteiger partial charge on any atom is 0.500 e. The maximum atomic E-state index is 11.1. The van der Waals surface area contributed by atoms with Crippen LogP contribution in [0.4, 0.5) is 0 Å². The van der Waals surface area contributed by atoms with Gasteiger partial charge in [0.15, 0.2) is 0 Å². The van der Waals surface area contributed by atoms with E-state index in [2.05, 4.69) is 0 Å². The molecule has 0 amide bonds. The van der Waals surface area contributed by atoms with Crippen LogP contribution in [-0.4, -0.2) is 71.3 Å². The van der Waals surface area contributed by atoms with Gasteiger partial charge >= 0.3 is 25.9 Å². The molecule has 0 aromatic rings. The van der Waals surface area contributed by atoms with Gasteiger partial charge in [-0.05, 0) is 25.7 Å². The Morgan fingerprint density at radius 1 is 0.760 bits per heavy atom. The van der Waals surface area contributed by atoms with Gasteiger partial charge in [-0.15, -0.1) is 0 Å². The zero-order chi connectivity index (χ0) is 19.3. The summed E-state index contributed by atoms with van der Waals surface area (Å²) in [5, 5.41) is 0. The average Bonchev–Trinajstić information content (AvgIpc) is 2.62. The van der Waals surface area contributed by atoms with Crippen LogP contribution in [0.1, 0.15) is 25.7 Å². The molecule has 0 saturated carbocycles. The second-order valence-corrected chi connectivity index (χ2v) is 12.3. The lowest BCUT2D eigenvalue weighted by molar-refractivity contribution is 0.116. The Kier molecular flexibility index (Phi) is 13.7. The summed E-state index contributed by atoms with van der Waals surface area (Å²) in [6.07, 6.45) is 2.25. The fourth-order valence-corrected chi connectivity index (χ4v) is 6.63. The third kappa shape index (κ3) is 9.20. The lowest BCUT2D eigenvalue weighted by Gasteiger charge is -2.26. The standard InChI is InChI=1S/C13H33O9PSi2/c1-16-24(17-2,18-3)11-7-9-13(22-23(14)15)10-8-12-25(19-4,20-5)21-6/h13,23H,7-12H2,1-6H3,(H,14,15). The van der Waals surface area contributed by atoms with E-state index >= 15 is 0 Å². The zero-order valence-corrected chi connectivity index (χ0v) is 19.0. The van der Waals surface area contributed by atoms with E-state index in [0.29, 0.717) is 37.8 Å². The third-order valence-electron chi connectivity index (χ3n) is 4.15. The van der Waals surface area contributed by atoms with Crippen LogP contribution in [-0.2, 0) is 35.6 Å². The molecule has 152 valence electrons. The Bertz CT molecular complexity index is 325. The van der Waals surface area contributed by atoms with Crippen LogP contribution in [0.3, 0.4) is 0 Å². The van der Waals surface area contributed by atoms with E-state index in [0.717, 1.165) is 0 Å². The molecule has 12 heteroatoms. The van der Waals surface area contributed by atoms with Gasteiger partial charge in [0.1, 0.15) is 0 Å². The second kappa shape index (κ2) is 13.5. The minimum atomic E-state index is -3.01. The summed E-state index contributed by atoms with van der Waals surface area (Å²) in [4.78, 5) is 9.11. The van der Waals surface area contributed by atoms with Crippen molar-refractivity contribution in [3.63, 3.8) is 0 Å². The smallest absolute Gasteiger partial charge is 0.377 e. The summed E-state index contributed by atoms with van der Waals surface area (Å²) in [6, 6.07) is 1.21. The van der Waals surface area contributed by atoms with Crippen molar-refractivity contribution >= 4 is 25.9 Å². The Balaban J connectivity index is 4.53. The Labute approximate surface area is 153 Å². The van der Waals surface area contributed by atoms with E-state index in [1.807, 2.05) is 0 Å². The van der Waals surface area contributed by atoms with E-state index in [9.17, 15) is 4.57 Å². The molecule has 1 unspecified atom stereocenters. The largest absolute Gasteiger partial charge is 0.500 e. The number of hydrogen-bond donors (Lipinski definition) is 1. The minimum absolute atomic E-state index is 0.342. The lowest BCUT2D eigenvalue weighted by atomic mass is 10.1. The van der Waals surface area contributed by atoms with Crippen molar-refractivity contribution in [1.82, 2.24) is 0 Å². The quantitative estimate of drug-likeness (QED) is 0.297. The van der Waals surface area contributed by atoms with Crippen LogP contribution in [0.15, 0.2) is 0 Å². The molecule has 0 rings (SSSR count). The molecule has 0 aliphatic heterocycles. The van der Waals surface area contributed by atoms with Crippen molar-refractivity contribution < 1.29 is 40.5 Å². The van der Waals surface area contributed by atoms with Crippen molar-refractivity contribution in [2.75, 3.05) is 42.7 Å². The molecule has 0 spiro atoms. The topological polar surface area (TPSA) is 102 Å². The van der Waals surface area contributed by atoms with E-state index in [1.54, 1.807) is 42.7 Å². The van der Waals surface area contributed by atoms with Crippen LogP contribution in [0, 0.1) is 0 Å². The predicted octanol–water partition coefficient (Wildman–Crippen LogP) is 2.07. The molecule has 0 bridgehead atoms. The van der Waals surface area contributed by atoms with Crippen molar-refractivity contribution in [3.05, 3.63) is 0 Å². The van der Waals surface area contributed by atoms with Gasteiger partial charge in [0.2, 0.25) is 0 Å². The molecule has 0 aromatic carbocycles. The van der Waals surface area contributed by atoms with Gasteiger partial charge in [-0.3, -0.25) is 4.57 Å². The molecule has 0 aliphatic rings. The molecule has 1 N–H and O–H groups in total. The summed E-state index contributed by atoms with van der Waals surface area (Å²) in [5.74, 6) is 0. The summed E-state index contributed by atoms with van der Waals surface area (Å²) in [6.45, 7) is 0. The summed E-state index contributed by atoms with van der Waals surface area (Å²) in [7, 11) is 1.06. The molecule has 1 atom stereocenters. The van der Waals surface area contributed by atoms with Crippen LogP contribution >= 0.6 is 8.25 Å². The zero-order valence-electron chi connectivity index (χ0n) is 16.0. The Hall–Kier alpha value is 0.344. The maximum absolute atomic E-state index is 11.1. The molecular weight excluding hydrogens is 387 g/mol. The van der Waals surface area contributed by atoms with Gasteiger partial charge in [-0.2, -0.15) is 0 Å². The molecule has 25 heavy (non-hydrogen) atoms. The minimum Gasteiger partial charge on any atom is -0.377 e. The van der Waals surface area contributed by atoms with E-state index < -0.39 is 25.9 Å². The highest BCUT2D eigenvalue weighted by molar-refractivity contribution is 7.32. The van der Waals surface area contributed by atoms with Crippen molar-refractivity contribution in [2.45, 2.75) is 43.9 Å². The van der Waals surface area contributed by atoms with Gasteiger partial charge in [-0.1, -0.05) is 0 Å². The van der Waals surface area contributed by atoms with Crippen LogP contribution in [0.2, 0.25) is 12.1 Å². The van der Waals surface area contributed by atoms with Gasteiger partial charge in [0, 0.05) is 54.7 Å².